The molecule has 34 heavy (non-hydrogen) atoms. The van der Waals surface area contributed by atoms with E-state index in [0.717, 1.165) is 11.4 Å². The number of H-pyrrole nitrogens is 1. The van der Waals surface area contributed by atoms with Crippen LogP contribution >= 0.6 is 0 Å². The Morgan fingerprint density at radius 3 is 2.38 bits per heavy atom. The van der Waals surface area contributed by atoms with Gasteiger partial charge in [0.25, 0.3) is 10.0 Å². The third-order valence-corrected chi connectivity index (χ3v) is 6.45. The van der Waals surface area contributed by atoms with Gasteiger partial charge in [-0.25, -0.2) is 26.6 Å². The van der Waals surface area contributed by atoms with Gasteiger partial charge in [0.15, 0.2) is 0 Å². The van der Waals surface area contributed by atoms with Crippen molar-refractivity contribution in [2.45, 2.75) is 31.6 Å². The van der Waals surface area contributed by atoms with Crippen LogP contribution in [0.25, 0.3) is 16.6 Å². The standard InChI is InChI=1S/C21H22F2N6O4S/c1-11-8-12(2)29(27-11)15-7-5-6-13-16(10-24-18(13)15)34(30,31)28-21-25-19(32-3)14(9-17(22)23)20(26-21)33-4/h5-8,10,17,24H,9H2,1-4H3,(H,25,26,28). The normalized spacial score (nSPS) is 11.9. The van der Waals surface area contributed by atoms with E-state index >= 15 is 0 Å². The highest BCUT2D eigenvalue weighted by Gasteiger charge is 2.25. The van der Waals surface area contributed by atoms with Gasteiger partial charge >= 0.3 is 0 Å². The third-order valence-electron chi connectivity index (χ3n) is 5.08. The molecule has 0 atom stereocenters. The number of nitrogens with zero attached hydrogens (tertiary/aromatic N) is 4. The molecule has 0 aliphatic carbocycles. The van der Waals surface area contributed by atoms with Crippen molar-refractivity contribution < 1.29 is 26.7 Å². The minimum atomic E-state index is -4.18. The van der Waals surface area contributed by atoms with Crippen LogP contribution in [0, 0.1) is 13.8 Å². The maximum Gasteiger partial charge on any atom is 0.266 e. The molecule has 4 aromatic rings. The van der Waals surface area contributed by atoms with E-state index in [1.807, 2.05) is 26.0 Å². The molecule has 3 aromatic heterocycles. The van der Waals surface area contributed by atoms with Gasteiger partial charge in [-0.3, -0.25) is 0 Å². The minimum absolute atomic E-state index is 0.0518. The Hall–Kier alpha value is -3.74. The second-order valence-electron chi connectivity index (χ2n) is 7.44. The maximum absolute atomic E-state index is 13.2. The van der Waals surface area contributed by atoms with Crippen LogP contribution in [0.3, 0.4) is 0 Å². The average molecular weight is 493 g/mol. The summed E-state index contributed by atoms with van der Waals surface area (Å²) in [6, 6.07) is 7.12. The molecule has 0 spiro atoms. The lowest BCUT2D eigenvalue weighted by Crippen LogP contribution is -2.16. The van der Waals surface area contributed by atoms with Gasteiger partial charge in [-0.1, -0.05) is 12.1 Å². The number of fused-ring (bicyclic) bond motifs is 1. The molecule has 13 heteroatoms. The number of sulfonamides is 1. The number of benzene rings is 1. The number of nitrogens with one attached hydrogen (secondary N) is 2. The first-order valence-corrected chi connectivity index (χ1v) is 11.6. The molecule has 4 rings (SSSR count). The Bertz CT molecular complexity index is 1440. The number of rotatable bonds is 8. The summed E-state index contributed by atoms with van der Waals surface area (Å²) in [6.07, 6.45) is -2.06. The van der Waals surface area contributed by atoms with E-state index in [0.29, 0.717) is 16.6 Å². The molecule has 0 aliphatic rings. The SMILES string of the molecule is COc1nc(NS(=O)(=O)c2c[nH]c3c(-n4nc(C)cc4C)cccc23)nc(OC)c1CC(F)F. The molecule has 0 saturated heterocycles. The number of hydrogen-bond acceptors (Lipinski definition) is 7. The topological polar surface area (TPSA) is 124 Å². The molecule has 3 heterocycles. The number of anilines is 1. The van der Waals surface area contributed by atoms with Crippen molar-refractivity contribution in [3.05, 3.63) is 47.4 Å². The summed E-state index contributed by atoms with van der Waals surface area (Å²) in [5, 5.41) is 4.89. The Balaban J connectivity index is 1.76. The lowest BCUT2D eigenvalue weighted by atomic mass is 10.2. The first kappa shape index (κ1) is 23.4. The van der Waals surface area contributed by atoms with E-state index in [2.05, 4.69) is 24.8 Å². The number of ether oxygens (including phenoxy) is 2. The summed E-state index contributed by atoms with van der Waals surface area (Å²) in [4.78, 5) is 10.8. The molecule has 2 N–H and O–H groups in total. The van der Waals surface area contributed by atoms with Gasteiger partial charge in [0.1, 0.15) is 4.90 Å². The number of aryl methyl sites for hydroxylation is 2. The third kappa shape index (κ3) is 4.25. The van der Waals surface area contributed by atoms with Gasteiger partial charge in [0, 0.05) is 23.7 Å². The number of hydrogen-bond donors (Lipinski definition) is 2. The van der Waals surface area contributed by atoms with Crippen LogP contribution in [-0.4, -0.2) is 53.8 Å². The molecule has 0 aliphatic heterocycles. The zero-order valence-corrected chi connectivity index (χ0v) is 19.6. The van der Waals surface area contributed by atoms with Crippen LogP contribution in [0.4, 0.5) is 14.7 Å². The minimum Gasteiger partial charge on any atom is -0.481 e. The molecular weight excluding hydrogens is 470 g/mol. The zero-order chi connectivity index (χ0) is 24.6. The van der Waals surface area contributed by atoms with E-state index in [1.165, 1.54) is 20.4 Å². The van der Waals surface area contributed by atoms with Crippen LogP contribution in [-0.2, 0) is 16.4 Å². The summed E-state index contributed by atoms with van der Waals surface area (Å²) in [6.45, 7) is 3.77. The summed E-state index contributed by atoms with van der Waals surface area (Å²) in [7, 11) is -1.72. The summed E-state index contributed by atoms with van der Waals surface area (Å²) < 4.78 is 66.5. The fraction of sp³-hybridized carbons (Fsp3) is 0.286. The Kier molecular flexibility index (Phi) is 6.13. The van der Waals surface area contributed by atoms with Gasteiger partial charge in [0.2, 0.25) is 24.1 Å². The number of para-hydroxylation sites is 1. The molecule has 0 fully saturated rings. The predicted molar refractivity (Wildman–Crippen MR) is 121 cm³/mol. The van der Waals surface area contributed by atoms with Crippen LogP contribution in [0.2, 0.25) is 0 Å². The van der Waals surface area contributed by atoms with Crippen molar-refractivity contribution in [3.8, 4) is 17.4 Å². The Labute approximate surface area is 194 Å². The number of aromatic amines is 1. The number of methoxy groups -OCH3 is 2. The monoisotopic (exact) mass is 492 g/mol. The Morgan fingerprint density at radius 1 is 1.15 bits per heavy atom. The molecule has 0 radical (unpaired) electrons. The first-order chi connectivity index (χ1) is 16.1. The predicted octanol–water partition coefficient (Wildman–Crippen LogP) is 3.39. The van der Waals surface area contributed by atoms with E-state index in [1.54, 1.807) is 16.8 Å². The summed E-state index contributed by atoms with van der Waals surface area (Å²) in [5.74, 6) is -0.804. The largest absolute Gasteiger partial charge is 0.481 e. The van der Waals surface area contributed by atoms with Crippen molar-refractivity contribution in [2.24, 2.45) is 0 Å². The van der Waals surface area contributed by atoms with Crippen molar-refractivity contribution in [1.82, 2.24) is 24.7 Å². The zero-order valence-electron chi connectivity index (χ0n) is 18.8. The molecule has 180 valence electrons. The molecule has 0 bridgehead atoms. The quantitative estimate of drug-likeness (QED) is 0.386. The van der Waals surface area contributed by atoms with E-state index in [4.69, 9.17) is 9.47 Å². The fourth-order valence-electron chi connectivity index (χ4n) is 3.72. The van der Waals surface area contributed by atoms with Gasteiger partial charge < -0.3 is 14.5 Å². The van der Waals surface area contributed by atoms with Crippen LogP contribution in [0.15, 0.2) is 35.4 Å². The lowest BCUT2D eigenvalue weighted by molar-refractivity contribution is 0.146. The summed E-state index contributed by atoms with van der Waals surface area (Å²) in [5.41, 5.74) is 2.90. The number of aromatic nitrogens is 5. The smallest absolute Gasteiger partial charge is 0.266 e. The first-order valence-electron chi connectivity index (χ1n) is 10.1. The average Bonchev–Trinajstić information content (AvgIpc) is 3.36. The van der Waals surface area contributed by atoms with Gasteiger partial charge in [-0.05, 0) is 26.0 Å². The van der Waals surface area contributed by atoms with Crippen molar-refractivity contribution in [3.63, 3.8) is 0 Å². The lowest BCUT2D eigenvalue weighted by Gasteiger charge is -2.14. The van der Waals surface area contributed by atoms with E-state index in [9.17, 15) is 17.2 Å². The van der Waals surface area contributed by atoms with Gasteiger partial charge in [0.05, 0.1) is 36.7 Å². The second kappa shape index (κ2) is 8.89. The van der Waals surface area contributed by atoms with Crippen LogP contribution in [0.5, 0.6) is 11.8 Å². The van der Waals surface area contributed by atoms with E-state index < -0.39 is 22.9 Å². The molecule has 0 amide bonds. The molecular formula is C21H22F2N6O4S. The highest BCUT2D eigenvalue weighted by atomic mass is 32.2. The summed E-state index contributed by atoms with van der Waals surface area (Å²) >= 11 is 0. The van der Waals surface area contributed by atoms with Gasteiger partial charge in [-0.2, -0.15) is 15.1 Å². The highest BCUT2D eigenvalue weighted by molar-refractivity contribution is 7.93. The van der Waals surface area contributed by atoms with Crippen molar-refractivity contribution in [1.29, 1.82) is 0 Å². The number of halogens is 2. The molecule has 10 nitrogen and oxygen atoms in total. The van der Waals surface area contributed by atoms with Crippen molar-refractivity contribution in [2.75, 3.05) is 18.9 Å². The van der Waals surface area contributed by atoms with E-state index in [-0.39, 0.29) is 28.2 Å². The van der Waals surface area contributed by atoms with Crippen LogP contribution in [0.1, 0.15) is 17.0 Å². The van der Waals surface area contributed by atoms with Gasteiger partial charge in [-0.15, -0.1) is 0 Å². The maximum atomic E-state index is 13.2. The number of alkyl halides is 2. The van der Waals surface area contributed by atoms with Crippen molar-refractivity contribution >= 4 is 26.9 Å². The fourth-order valence-corrected chi connectivity index (χ4v) is 4.83. The molecule has 0 saturated carbocycles. The Morgan fingerprint density at radius 2 is 1.82 bits per heavy atom. The molecule has 1 aromatic carbocycles. The second-order valence-corrected chi connectivity index (χ2v) is 9.09. The molecule has 0 unspecified atom stereocenters. The van der Waals surface area contributed by atoms with Crippen LogP contribution < -0.4 is 14.2 Å². The highest BCUT2D eigenvalue weighted by Crippen LogP contribution is 2.32.